The number of hydrogen-bond acceptors (Lipinski definition) is 4. The second-order valence-corrected chi connectivity index (χ2v) is 2.31. The first-order valence-corrected chi connectivity index (χ1v) is 3.51. The monoisotopic (exact) mass is 171 g/mol. The Balaban J connectivity index is 2.92. The molecule has 1 aromatic rings. The minimum atomic E-state index is -0.420. The molecule has 1 heterocycles. The first-order chi connectivity index (χ1) is 5.29. The Morgan fingerprint density at radius 1 is 1.82 bits per heavy atom. The van der Waals surface area contributed by atoms with E-state index >= 15 is 0 Å². The van der Waals surface area contributed by atoms with E-state index < -0.39 is 5.92 Å². The topological polar surface area (TPSA) is 67.4 Å². The van der Waals surface area contributed by atoms with Crippen LogP contribution in [0.1, 0.15) is 11.7 Å². The highest BCUT2D eigenvalue weighted by molar-refractivity contribution is 6.18. The SMILES string of the molecule is Cn1nnnc1C(C#N)CCl. The molecule has 1 atom stereocenters. The summed E-state index contributed by atoms with van der Waals surface area (Å²) in [5.41, 5.74) is 0. The Labute approximate surface area is 68.6 Å². The smallest absolute Gasteiger partial charge is 0.169 e. The Kier molecular flexibility index (Phi) is 2.39. The average Bonchev–Trinajstić information content (AvgIpc) is 2.40. The predicted molar refractivity (Wildman–Crippen MR) is 37.9 cm³/mol. The van der Waals surface area contributed by atoms with Gasteiger partial charge in [-0.05, 0) is 10.4 Å². The zero-order chi connectivity index (χ0) is 8.27. The van der Waals surface area contributed by atoms with E-state index in [1.807, 2.05) is 6.07 Å². The van der Waals surface area contributed by atoms with E-state index in [-0.39, 0.29) is 5.88 Å². The molecule has 0 aliphatic carbocycles. The molecule has 11 heavy (non-hydrogen) atoms. The van der Waals surface area contributed by atoms with Gasteiger partial charge in [0.15, 0.2) is 5.82 Å². The van der Waals surface area contributed by atoms with Crippen molar-refractivity contribution < 1.29 is 0 Å². The maximum absolute atomic E-state index is 8.58. The van der Waals surface area contributed by atoms with Crippen LogP contribution in [0.3, 0.4) is 0 Å². The molecule has 0 spiro atoms. The maximum atomic E-state index is 8.58. The second kappa shape index (κ2) is 3.30. The third kappa shape index (κ3) is 1.46. The molecule has 5 nitrogen and oxygen atoms in total. The van der Waals surface area contributed by atoms with Crippen molar-refractivity contribution in [3.05, 3.63) is 5.82 Å². The van der Waals surface area contributed by atoms with Crippen LogP contribution < -0.4 is 0 Å². The summed E-state index contributed by atoms with van der Waals surface area (Å²) in [4.78, 5) is 0. The van der Waals surface area contributed by atoms with Gasteiger partial charge in [0.05, 0.1) is 6.07 Å². The molecule has 0 aromatic carbocycles. The van der Waals surface area contributed by atoms with Crippen LogP contribution in [0.5, 0.6) is 0 Å². The minimum Gasteiger partial charge on any atom is -0.231 e. The molecule has 58 valence electrons. The minimum absolute atomic E-state index is 0.213. The summed E-state index contributed by atoms with van der Waals surface area (Å²) >= 11 is 5.50. The number of halogens is 1. The van der Waals surface area contributed by atoms with Crippen molar-refractivity contribution in [2.24, 2.45) is 7.05 Å². The van der Waals surface area contributed by atoms with E-state index in [0.717, 1.165) is 0 Å². The van der Waals surface area contributed by atoms with Crippen molar-refractivity contribution in [2.45, 2.75) is 5.92 Å². The molecule has 0 fully saturated rings. The van der Waals surface area contributed by atoms with Gasteiger partial charge in [-0.25, -0.2) is 4.68 Å². The number of alkyl halides is 1. The first kappa shape index (κ1) is 7.95. The highest BCUT2D eigenvalue weighted by Gasteiger charge is 2.14. The van der Waals surface area contributed by atoms with E-state index in [2.05, 4.69) is 15.5 Å². The summed E-state index contributed by atoms with van der Waals surface area (Å²) in [7, 11) is 1.67. The van der Waals surface area contributed by atoms with Gasteiger partial charge in [0, 0.05) is 12.9 Å². The normalized spacial score (nSPS) is 12.5. The first-order valence-electron chi connectivity index (χ1n) is 2.97. The molecule has 0 N–H and O–H groups in total. The lowest BCUT2D eigenvalue weighted by atomic mass is 10.2. The predicted octanol–water partition coefficient (Wildman–Crippen LogP) is 0.0561. The molecule has 0 saturated carbocycles. The molecule has 1 rings (SSSR count). The lowest BCUT2D eigenvalue weighted by molar-refractivity contribution is 0.668. The number of nitrogens with zero attached hydrogens (tertiary/aromatic N) is 5. The Hall–Kier alpha value is -1.15. The second-order valence-electron chi connectivity index (χ2n) is 2.00. The van der Waals surface area contributed by atoms with Crippen molar-refractivity contribution in [2.75, 3.05) is 5.88 Å². The fraction of sp³-hybridized carbons (Fsp3) is 0.600. The van der Waals surface area contributed by atoms with Gasteiger partial charge in [-0.15, -0.1) is 16.7 Å². The van der Waals surface area contributed by atoms with E-state index in [4.69, 9.17) is 16.9 Å². The fourth-order valence-electron chi connectivity index (χ4n) is 0.693. The highest BCUT2D eigenvalue weighted by atomic mass is 35.5. The van der Waals surface area contributed by atoms with Gasteiger partial charge in [-0.3, -0.25) is 0 Å². The third-order valence-corrected chi connectivity index (χ3v) is 1.58. The lowest BCUT2D eigenvalue weighted by Crippen LogP contribution is -2.06. The number of tetrazole rings is 1. The molecule has 0 amide bonds. The van der Waals surface area contributed by atoms with Gasteiger partial charge in [-0.2, -0.15) is 5.26 Å². The van der Waals surface area contributed by atoms with Gasteiger partial charge in [-0.1, -0.05) is 0 Å². The third-order valence-electron chi connectivity index (χ3n) is 1.27. The molecule has 1 unspecified atom stereocenters. The number of rotatable bonds is 2. The van der Waals surface area contributed by atoms with E-state index in [9.17, 15) is 0 Å². The van der Waals surface area contributed by atoms with Gasteiger partial charge >= 0.3 is 0 Å². The summed E-state index contributed by atoms with van der Waals surface area (Å²) < 4.78 is 1.44. The van der Waals surface area contributed by atoms with Crippen LogP contribution in [0.25, 0.3) is 0 Å². The van der Waals surface area contributed by atoms with Crippen molar-refractivity contribution in [3.63, 3.8) is 0 Å². The Morgan fingerprint density at radius 3 is 2.91 bits per heavy atom. The van der Waals surface area contributed by atoms with Crippen LogP contribution in [0, 0.1) is 11.3 Å². The van der Waals surface area contributed by atoms with Gasteiger partial charge in [0.25, 0.3) is 0 Å². The molecular formula is C5H6ClN5. The van der Waals surface area contributed by atoms with E-state index in [0.29, 0.717) is 5.82 Å². The average molecular weight is 172 g/mol. The molecule has 6 heteroatoms. The summed E-state index contributed by atoms with van der Waals surface area (Å²) in [6, 6.07) is 2.00. The fourth-order valence-corrected chi connectivity index (χ4v) is 0.900. The summed E-state index contributed by atoms with van der Waals surface area (Å²) in [5.74, 6) is 0.296. The van der Waals surface area contributed by atoms with Crippen LogP contribution in [-0.4, -0.2) is 26.1 Å². The summed E-state index contributed by atoms with van der Waals surface area (Å²) in [6.45, 7) is 0. The lowest BCUT2D eigenvalue weighted by Gasteiger charge is -1.99. The Bertz CT molecular complexity index is 275. The maximum Gasteiger partial charge on any atom is 0.169 e. The van der Waals surface area contributed by atoms with E-state index in [1.54, 1.807) is 7.05 Å². The van der Waals surface area contributed by atoms with Gasteiger partial charge < -0.3 is 0 Å². The standard InChI is InChI=1S/C5H6ClN5/c1-11-5(8-9-10-11)4(2-6)3-7/h4H,2H2,1H3. The largest absolute Gasteiger partial charge is 0.231 e. The quantitative estimate of drug-likeness (QED) is 0.590. The van der Waals surface area contributed by atoms with Crippen molar-refractivity contribution in [3.8, 4) is 6.07 Å². The molecule has 0 saturated heterocycles. The van der Waals surface area contributed by atoms with E-state index in [1.165, 1.54) is 4.68 Å². The van der Waals surface area contributed by atoms with Crippen molar-refractivity contribution in [1.82, 2.24) is 20.2 Å². The zero-order valence-corrected chi connectivity index (χ0v) is 6.65. The Morgan fingerprint density at radius 2 is 2.55 bits per heavy atom. The van der Waals surface area contributed by atoms with Gasteiger partial charge in [0.1, 0.15) is 5.92 Å². The molecule has 0 bridgehead atoms. The molecular weight excluding hydrogens is 166 g/mol. The van der Waals surface area contributed by atoms with Crippen LogP contribution in [0.4, 0.5) is 0 Å². The van der Waals surface area contributed by atoms with Crippen LogP contribution in [0.2, 0.25) is 0 Å². The van der Waals surface area contributed by atoms with Crippen molar-refractivity contribution >= 4 is 11.6 Å². The van der Waals surface area contributed by atoms with Gasteiger partial charge in [0.2, 0.25) is 0 Å². The molecule has 1 aromatic heterocycles. The highest BCUT2D eigenvalue weighted by Crippen LogP contribution is 2.10. The summed E-state index contributed by atoms with van der Waals surface area (Å²) in [5, 5.41) is 19.2. The number of aryl methyl sites for hydroxylation is 1. The molecule has 0 aliphatic heterocycles. The molecule has 0 aliphatic rings. The molecule has 0 radical (unpaired) electrons. The zero-order valence-electron chi connectivity index (χ0n) is 5.90. The number of hydrogen-bond donors (Lipinski definition) is 0. The number of nitriles is 1. The number of aromatic nitrogens is 4. The summed E-state index contributed by atoms with van der Waals surface area (Å²) in [6.07, 6.45) is 0. The van der Waals surface area contributed by atoms with Crippen LogP contribution in [-0.2, 0) is 7.05 Å². The van der Waals surface area contributed by atoms with Crippen molar-refractivity contribution in [1.29, 1.82) is 5.26 Å². The van der Waals surface area contributed by atoms with Crippen LogP contribution in [0.15, 0.2) is 0 Å². The van der Waals surface area contributed by atoms with Crippen LogP contribution >= 0.6 is 11.6 Å².